The van der Waals surface area contributed by atoms with Crippen LogP contribution >= 0.6 is 0 Å². The number of carbonyl (C=O) groups is 3. The quantitative estimate of drug-likeness (QED) is 0.256. The molecule has 0 spiro atoms. The summed E-state index contributed by atoms with van der Waals surface area (Å²) >= 11 is 0. The first-order valence-electron chi connectivity index (χ1n) is 11.5. The van der Waals surface area contributed by atoms with Crippen LogP contribution < -0.4 is 0 Å². The van der Waals surface area contributed by atoms with Crippen molar-refractivity contribution in [2.75, 3.05) is 6.54 Å². The number of fused-ring (bicyclic) bond motifs is 1. The van der Waals surface area contributed by atoms with Crippen LogP contribution in [0, 0.1) is 19.8 Å². The van der Waals surface area contributed by atoms with Crippen molar-refractivity contribution in [1.29, 1.82) is 0 Å². The first-order chi connectivity index (χ1) is 16.5. The lowest BCUT2D eigenvalue weighted by Crippen LogP contribution is -2.32. The van der Waals surface area contributed by atoms with Gasteiger partial charge in [-0.15, -0.1) is 0 Å². The molecule has 5 rings (SSSR count). The average molecular weight is 451 g/mol. The minimum atomic E-state index is -1.06. The normalized spacial score (nSPS) is 18.1. The molecule has 0 radical (unpaired) electrons. The summed E-state index contributed by atoms with van der Waals surface area (Å²) in [4.78, 5) is 45.0. The molecule has 1 amide bonds. The van der Waals surface area contributed by atoms with E-state index in [-0.39, 0.29) is 5.78 Å². The van der Waals surface area contributed by atoms with E-state index < -0.39 is 23.7 Å². The molecular weight excluding hydrogens is 424 g/mol. The minimum Gasteiger partial charge on any atom is -0.361 e. The molecule has 1 aliphatic heterocycles. The van der Waals surface area contributed by atoms with Gasteiger partial charge >= 0.3 is 0 Å². The van der Waals surface area contributed by atoms with Crippen molar-refractivity contribution in [3.05, 3.63) is 107 Å². The van der Waals surface area contributed by atoms with Crippen molar-refractivity contribution < 1.29 is 14.4 Å². The minimum absolute atomic E-state index is 0.295. The molecular formula is C29H26N2O3. The van der Waals surface area contributed by atoms with Crippen molar-refractivity contribution in [3.63, 3.8) is 0 Å². The molecule has 1 saturated heterocycles. The number of para-hydroxylation sites is 1. The Labute approximate surface area is 198 Å². The number of rotatable bonds is 6. The smallest absolute Gasteiger partial charge is 0.291 e. The lowest BCUT2D eigenvalue weighted by Gasteiger charge is -2.27. The number of likely N-dealkylation sites (tertiary alicyclic amines) is 1. The number of benzene rings is 3. The Morgan fingerprint density at radius 2 is 1.62 bits per heavy atom. The zero-order valence-electron chi connectivity index (χ0n) is 19.2. The Kier molecular flexibility index (Phi) is 5.62. The Hall–Kier alpha value is -3.99. The average Bonchev–Trinajstić information content (AvgIpc) is 3.37. The van der Waals surface area contributed by atoms with Gasteiger partial charge in [0.25, 0.3) is 5.91 Å². The number of carbonyl (C=O) groups excluding carboxylic acids is 3. The fourth-order valence-corrected chi connectivity index (χ4v) is 4.96. The number of nitrogens with zero attached hydrogens (tertiary/aromatic N) is 1. The third-order valence-electron chi connectivity index (χ3n) is 6.81. The lowest BCUT2D eigenvalue weighted by atomic mass is 9.85. The number of H-pyrrole nitrogens is 1. The summed E-state index contributed by atoms with van der Waals surface area (Å²) in [6.45, 7) is 4.19. The molecule has 1 aromatic heterocycles. The summed E-state index contributed by atoms with van der Waals surface area (Å²) in [5.74, 6) is -2.56. The largest absolute Gasteiger partial charge is 0.361 e. The summed E-state index contributed by atoms with van der Waals surface area (Å²) in [6.07, 6.45) is 2.53. The van der Waals surface area contributed by atoms with Crippen LogP contribution in [0.5, 0.6) is 0 Å². The zero-order valence-corrected chi connectivity index (χ0v) is 19.2. The monoisotopic (exact) mass is 450 g/mol. The van der Waals surface area contributed by atoms with E-state index in [0.29, 0.717) is 18.5 Å². The molecule has 34 heavy (non-hydrogen) atoms. The Balaban J connectivity index is 1.52. The highest BCUT2D eigenvalue weighted by Crippen LogP contribution is 2.39. The summed E-state index contributed by atoms with van der Waals surface area (Å²) < 4.78 is 0. The van der Waals surface area contributed by atoms with E-state index in [1.165, 1.54) is 0 Å². The second kappa shape index (κ2) is 8.75. The van der Waals surface area contributed by atoms with Crippen LogP contribution in [0.25, 0.3) is 10.9 Å². The summed E-state index contributed by atoms with van der Waals surface area (Å²) in [5, 5.41) is 1.10. The second-order valence-electron chi connectivity index (χ2n) is 8.98. The standard InChI is InChI=1S/C29H26N2O3/c1-18-11-13-20(14-12-18)26-25(27(32)22-8-4-3-7-19(22)2)28(33)29(34)31(26)16-15-21-17-30-24-10-6-5-9-23(21)24/h3-14,17,25-26,30H,15-16H2,1-2H3. The van der Waals surface area contributed by atoms with Crippen LogP contribution in [0.4, 0.5) is 0 Å². The van der Waals surface area contributed by atoms with Gasteiger partial charge in [-0.05, 0) is 43.0 Å². The molecule has 0 aliphatic carbocycles. The molecule has 1 aliphatic rings. The van der Waals surface area contributed by atoms with Crippen LogP contribution in [-0.4, -0.2) is 33.9 Å². The van der Waals surface area contributed by atoms with Gasteiger partial charge in [0.15, 0.2) is 5.78 Å². The van der Waals surface area contributed by atoms with E-state index >= 15 is 0 Å². The summed E-state index contributed by atoms with van der Waals surface area (Å²) in [7, 11) is 0. The molecule has 4 aromatic rings. The predicted molar refractivity (Wildman–Crippen MR) is 132 cm³/mol. The van der Waals surface area contributed by atoms with E-state index in [2.05, 4.69) is 4.98 Å². The van der Waals surface area contributed by atoms with Crippen molar-refractivity contribution in [2.24, 2.45) is 5.92 Å². The first kappa shape index (κ1) is 21.8. The molecule has 3 aromatic carbocycles. The van der Waals surface area contributed by atoms with Crippen molar-refractivity contribution >= 4 is 28.4 Å². The van der Waals surface area contributed by atoms with E-state index in [9.17, 15) is 14.4 Å². The molecule has 2 unspecified atom stereocenters. The van der Waals surface area contributed by atoms with Crippen LogP contribution in [0.3, 0.4) is 0 Å². The topological polar surface area (TPSA) is 70.2 Å². The van der Waals surface area contributed by atoms with E-state index in [1.807, 2.05) is 80.7 Å². The molecule has 0 saturated carbocycles. The third kappa shape index (κ3) is 3.73. The third-order valence-corrected chi connectivity index (χ3v) is 6.81. The second-order valence-corrected chi connectivity index (χ2v) is 8.98. The number of aromatic nitrogens is 1. The molecule has 2 heterocycles. The fourth-order valence-electron chi connectivity index (χ4n) is 4.96. The maximum absolute atomic E-state index is 13.6. The zero-order chi connectivity index (χ0) is 23.8. The molecule has 1 fully saturated rings. The summed E-state index contributed by atoms with van der Waals surface area (Å²) in [5.41, 5.74) is 5.27. The van der Waals surface area contributed by atoms with E-state index in [0.717, 1.165) is 33.2 Å². The molecule has 1 N–H and O–H groups in total. The fraction of sp³-hybridized carbons (Fsp3) is 0.207. The molecule has 5 nitrogen and oxygen atoms in total. The number of aryl methyl sites for hydroxylation is 2. The molecule has 5 heteroatoms. The van der Waals surface area contributed by atoms with Gasteiger partial charge in [-0.25, -0.2) is 0 Å². The van der Waals surface area contributed by atoms with Gasteiger partial charge in [0.1, 0.15) is 5.92 Å². The van der Waals surface area contributed by atoms with Crippen molar-refractivity contribution in [1.82, 2.24) is 9.88 Å². The first-order valence-corrected chi connectivity index (χ1v) is 11.5. The molecule has 0 bridgehead atoms. The van der Waals surface area contributed by atoms with Gasteiger partial charge in [0, 0.05) is 29.2 Å². The maximum atomic E-state index is 13.6. The number of amides is 1. The van der Waals surface area contributed by atoms with Crippen molar-refractivity contribution in [3.8, 4) is 0 Å². The number of aromatic amines is 1. The lowest BCUT2D eigenvalue weighted by molar-refractivity contribution is -0.140. The number of Topliss-reactive ketones (excluding diaryl/α,β-unsaturated/α-hetero) is 2. The maximum Gasteiger partial charge on any atom is 0.291 e. The highest BCUT2D eigenvalue weighted by molar-refractivity contribution is 6.44. The highest BCUT2D eigenvalue weighted by atomic mass is 16.2. The van der Waals surface area contributed by atoms with Gasteiger partial charge in [-0.2, -0.15) is 0 Å². The van der Waals surface area contributed by atoms with E-state index in [1.54, 1.807) is 17.0 Å². The van der Waals surface area contributed by atoms with Crippen LogP contribution in [0.2, 0.25) is 0 Å². The van der Waals surface area contributed by atoms with E-state index in [4.69, 9.17) is 0 Å². The number of hydrogen-bond donors (Lipinski definition) is 1. The van der Waals surface area contributed by atoms with Gasteiger partial charge in [-0.3, -0.25) is 14.4 Å². The SMILES string of the molecule is Cc1ccc(C2C(C(=O)c3ccccc3C)C(=O)C(=O)N2CCc2c[nH]c3ccccc23)cc1. The van der Waals surface area contributed by atoms with Crippen molar-refractivity contribution in [2.45, 2.75) is 26.3 Å². The highest BCUT2D eigenvalue weighted by Gasteiger charge is 2.51. The van der Waals surface area contributed by atoms with Gasteiger partial charge < -0.3 is 9.88 Å². The van der Waals surface area contributed by atoms with Gasteiger partial charge in [-0.1, -0.05) is 72.3 Å². The molecule has 2 atom stereocenters. The Bertz CT molecular complexity index is 1400. The number of ketones is 2. The Morgan fingerprint density at radius 1 is 0.912 bits per heavy atom. The van der Waals surface area contributed by atoms with Gasteiger partial charge in [0.05, 0.1) is 6.04 Å². The van der Waals surface area contributed by atoms with Crippen LogP contribution in [-0.2, 0) is 16.0 Å². The van der Waals surface area contributed by atoms with Gasteiger partial charge in [0.2, 0.25) is 5.78 Å². The Morgan fingerprint density at radius 3 is 2.38 bits per heavy atom. The predicted octanol–water partition coefficient (Wildman–Crippen LogP) is 4.98. The molecule has 170 valence electrons. The van der Waals surface area contributed by atoms with Crippen LogP contribution in [0.15, 0.2) is 79.0 Å². The summed E-state index contributed by atoms with van der Waals surface area (Å²) in [6, 6.07) is 22.4. The number of hydrogen-bond acceptors (Lipinski definition) is 3. The number of nitrogens with one attached hydrogen (secondary N) is 1. The van der Waals surface area contributed by atoms with Crippen LogP contribution in [0.1, 0.15) is 38.7 Å².